The van der Waals surface area contributed by atoms with Gasteiger partial charge in [0.1, 0.15) is 0 Å². The lowest BCUT2D eigenvalue weighted by Gasteiger charge is -2.00. The summed E-state index contributed by atoms with van der Waals surface area (Å²) in [7, 11) is 0. The van der Waals surface area contributed by atoms with Crippen LogP contribution in [0.15, 0.2) is 23.1 Å². The van der Waals surface area contributed by atoms with Crippen molar-refractivity contribution in [1.29, 1.82) is 0 Å². The van der Waals surface area contributed by atoms with Gasteiger partial charge in [-0.25, -0.2) is 0 Å². The molecule has 0 amide bonds. The molecule has 1 rings (SSSR count). The standard InChI is InChI=1S/C8H12S/c1-6(2)8-5-4-7(3)9-8/h5,7H,1,4H2,2-3H3. The Kier molecular flexibility index (Phi) is 2.01. The van der Waals surface area contributed by atoms with Crippen LogP contribution in [0.4, 0.5) is 0 Å². The van der Waals surface area contributed by atoms with Crippen LogP contribution in [0, 0.1) is 0 Å². The van der Waals surface area contributed by atoms with Gasteiger partial charge in [0.05, 0.1) is 0 Å². The van der Waals surface area contributed by atoms with Gasteiger partial charge < -0.3 is 0 Å². The number of hydrogen-bond donors (Lipinski definition) is 0. The summed E-state index contributed by atoms with van der Waals surface area (Å²) in [6.45, 7) is 8.20. The Bertz CT molecular complexity index is 156. The van der Waals surface area contributed by atoms with Crippen molar-refractivity contribution in [2.75, 3.05) is 0 Å². The highest BCUT2D eigenvalue weighted by atomic mass is 32.2. The molecule has 1 aliphatic heterocycles. The first-order valence-corrected chi connectivity index (χ1v) is 4.11. The third-order valence-corrected chi connectivity index (χ3v) is 2.75. The summed E-state index contributed by atoms with van der Waals surface area (Å²) in [5.74, 6) is 0. The van der Waals surface area contributed by atoms with Crippen molar-refractivity contribution in [1.82, 2.24) is 0 Å². The molecule has 0 aromatic carbocycles. The number of rotatable bonds is 1. The number of allylic oxidation sites excluding steroid dienone is 2. The van der Waals surface area contributed by atoms with E-state index in [-0.39, 0.29) is 0 Å². The van der Waals surface area contributed by atoms with Crippen LogP contribution in [0.1, 0.15) is 20.3 Å². The molecular formula is C8H12S. The summed E-state index contributed by atoms with van der Waals surface area (Å²) in [5.41, 5.74) is 1.21. The Morgan fingerprint density at radius 3 is 2.78 bits per heavy atom. The lowest BCUT2D eigenvalue weighted by atomic mass is 10.2. The number of hydrogen-bond acceptors (Lipinski definition) is 1. The van der Waals surface area contributed by atoms with Gasteiger partial charge in [-0.05, 0) is 18.9 Å². The molecule has 0 aromatic heterocycles. The molecule has 1 heterocycles. The summed E-state index contributed by atoms with van der Waals surface area (Å²) in [4.78, 5) is 1.39. The van der Waals surface area contributed by atoms with Crippen molar-refractivity contribution in [3.05, 3.63) is 23.1 Å². The van der Waals surface area contributed by atoms with E-state index in [0.29, 0.717) is 0 Å². The molecule has 0 aliphatic carbocycles. The summed E-state index contributed by atoms with van der Waals surface area (Å²) < 4.78 is 0. The fourth-order valence-corrected chi connectivity index (χ4v) is 1.88. The maximum Gasteiger partial charge on any atom is 0.0101 e. The first kappa shape index (κ1) is 6.94. The normalized spacial score (nSPS) is 26.0. The van der Waals surface area contributed by atoms with Crippen LogP contribution in [0.3, 0.4) is 0 Å². The summed E-state index contributed by atoms with van der Waals surface area (Å²) in [6, 6.07) is 0. The lowest BCUT2D eigenvalue weighted by molar-refractivity contribution is 1.00. The maximum absolute atomic E-state index is 3.88. The van der Waals surface area contributed by atoms with Crippen molar-refractivity contribution in [2.45, 2.75) is 25.5 Å². The van der Waals surface area contributed by atoms with E-state index in [1.54, 1.807) is 0 Å². The van der Waals surface area contributed by atoms with E-state index in [9.17, 15) is 0 Å². The monoisotopic (exact) mass is 140 g/mol. The van der Waals surface area contributed by atoms with E-state index < -0.39 is 0 Å². The average molecular weight is 140 g/mol. The molecule has 0 spiro atoms. The van der Waals surface area contributed by atoms with Crippen molar-refractivity contribution < 1.29 is 0 Å². The SMILES string of the molecule is C=C(C)C1=CCC(C)S1. The zero-order valence-electron chi connectivity index (χ0n) is 5.98. The molecule has 0 saturated heterocycles. The third kappa shape index (κ3) is 1.62. The van der Waals surface area contributed by atoms with E-state index >= 15 is 0 Å². The van der Waals surface area contributed by atoms with Crippen LogP contribution in [-0.2, 0) is 0 Å². The molecule has 0 N–H and O–H groups in total. The van der Waals surface area contributed by atoms with Crippen molar-refractivity contribution >= 4 is 11.8 Å². The lowest BCUT2D eigenvalue weighted by Crippen LogP contribution is -1.84. The molecule has 1 atom stereocenters. The fourth-order valence-electron chi connectivity index (χ4n) is 0.861. The average Bonchev–Trinajstić information content (AvgIpc) is 2.14. The molecule has 1 heteroatoms. The zero-order chi connectivity index (χ0) is 6.85. The molecule has 50 valence electrons. The van der Waals surface area contributed by atoms with Gasteiger partial charge in [0, 0.05) is 10.2 Å². The molecule has 0 nitrogen and oxygen atoms in total. The quantitative estimate of drug-likeness (QED) is 0.539. The predicted molar refractivity (Wildman–Crippen MR) is 44.6 cm³/mol. The highest BCUT2D eigenvalue weighted by molar-refractivity contribution is 8.04. The van der Waals surface area contributed by atoms with E-state index in [4.69, 9.17) is 0 Å². The highest BCUT2D eigenvalue weighted by Gasteiger charge is 2.12. The zero-order valence-corrected chi connectivity index (χ0v) is 6.79. The van der Waals surface area contributed by atoms with Gasteiger partial charge in [-0.3, -0.25) is 0 Å². The van der Waals surface area contributed by atoms with E-state index in [2.05, 4.69) is 26.5 Å². The van der Waals surface area contributed by atoms with Crippen molar-refractivity contribution in [2.24, 2.45) is 0 Å². The molecule has 1 aliphatic rings. The Morgan fingerprint density at radius 1 is 1.89 bits per heavy atom. The maximum atomic E-state index is 3.88. The minimum absolute atomic E-state index is 0.775. The van der Waals surface area contributed by atoms with Gasteiger partial charge in [0.15, 0.2) is 0 Å². The van der Waals surface area contributed by atoms with E-state index in [1.807, 2.05) is 11.8 Å². The van der Waals surface area contributed by atoms with Crippen molar-refractivity contribution in [3.8, 4) is 0 Å². The molecular weight excluding hydrogens is 128 g/mol. The van der Waals surface area contributed by atoms with Crippen LogP contribution in [0.2, 0.25) is 0 Å². The highest BCUT2D eigenvalue weighted by Crippen LogP contribution is 2.35. The molecule has 0 saturated carbocycles. The predicted octanol–water partition coefficient (Wildman–Crippen LogP) is 2.97. The first-order valence-electron chi connectivity index (χ1n) is 3.23. The van der Waals surface area contributed by atoms with Crippen LogP contribution in [0.5, 0.6) is 0 Å². The first-order chi connectivity index (χ1) is 4.20. The summed E-state index contributed by atoms with van der Waals surface area (Å²) >= 11 is 1.94. The Hall–Kier alpha value is -0.170. The van der Waals surface area contributed by atoms with Gasteiger partial charge in [0.25, 0.3) is 0 Å². The second-order valence-electron chi connectivity index (χ2n) is 2.51. The smallest absolute Gasteiger partial charge is 0.0101 e. The number of thioether (sulfide) groups is 1. The fraction of sp³-hybridized carbons (Fsp3) is 0.500. The Morgan fingerprint density at radius 2 is 2.56 bits per heavy atom. The summed E-state index contributed by atoms with van der Waals surface area (Å²) in [5, 5.41) is 0.775. The minimum atomic E-state index is 0.775. The van der Waals surface area contributed by atoms with Crippen LogP contribution >= 0.6 is 11.8 Å². The van der Waals surface area contributed by atoms with E-state index in [1.165, 1.54) is 16.9 Å². The molecule has 9 heavy (non-hydrogen) atoms. The molecule has 1 unspecified atom stereocenters. The third-order valence-electron chi connectivity index (χ3n) is 1.38. The van der Waals surface area contributed by atoms with Crippen LogP contribution in [-0.4, -0.2) is 5.25 Å². The van der Waals surface area contributed by atoms with Crippen LogP contribution < -0.4 is 0 Å². The Labute approximate surface area is 61.0 Å². The minimum Gasteiger partial charge on any atom is -0.123 e. The van der Waals surface area contributed by atoms with Gasteiger partial charge in [0.2, 0.25) is 0 Å². The van der Waals surface area contributed by atoms with Gasteiger partial charge in [-0.2, -0.15) is 0 Å². The summed E-state index contributed by atoms with van der Waals surface area (Å²) in [6.07, 6.45) is 3.49. The van der Waals surface area contributed by atoms with E-state index in [0.717, 1.165) is 5.25 Å². The van der Waals surface area contributed by atoms with Crippen molar-refractivity contribution in [3.63, 3.8) is 0 Å². The second-order valence-corrected chi connectivity index (χ2v) is 3.99. The van der Waals surface area contributed by atoms with Crippen LogP contribution in [0.25, 0.3) is 0 Å². The largest absolute Gasteiger partial charge is 0.123 e. The Balaban J connectivity index is 2.55. The molecule has 0 aromatic rings. The van der Waals surface area contributed by atoms with Gasteiger partial charge >= 0.3 is 0 Å². The topological polar surface area (TPSA) is 0 Å². The van der Waals surface area contributed by atoms with Gasteiger partial charge in [-0.1, -0.05) is 19.6 Å². The molecule has 0 fully saturated rings. The molecule has 0 radical (unpaired) electrons. The second kappa shape index (κ2) is 2.61. The molecule has 0 bridgehead atoms. The van der Waals surface area contributed by atoms with Gasteiger partial charge in [-0.15, -0.1) is 11.8 Å².